The zero-order valence-electron chi connectivity index (χ0n) is 9.26. The van der Waals surface area contributed by atoms with Gasteiger partial charge in [-0.3, -0.25) is 9.78 Å². The third-order valence-electron chi connectivity index (χ3n) is 2.47. The van der Waals surface area contributed by atoms with Crippen LogP contribution in [0.5, 0.6) is 0 Å². The summed E-state index contributed by atoms with van der Waals surface area (Å²) in [5, 5.41) is 0. The maximum absolute atomic E-state index is 10.9. The average molecular weight is 227 g/mol. The van der Waals surface area contributed by atoms with Crippen molar-refractivity contribution in [3.8, 4) is 0 Å². The van der Waals surface area contributed by atoms with Crippen molar-refractivity contribution >= 4 is 11.6 Å². The van der Waals surface area contributed by atoms with Crippen LogP contribution < -0.4 is 11.5 Å². The van der Waals surface area contributed by atoms with Gasteiger partial charge >= 0.3 is 0 Å². The lowest BCUT2D eigenvalue weighted by Gasteiger charge is -2.02. The van der Waals surface area contributed by atoms with Crippen LogP contribution in [0, 0.1) is 0 Å². The molecule has 0 bridgehead atoms. The van der Waals surface area contributed by atoms with Crippen molar-refractivity contribution in [1.29, 1.82) is 0 Å². The van der Waals surface area contributed by atoms with Gasteiger partial charge in [0.05, 0.1) is 5.56 Å². The van der Waals surface area contributed by atoms with Crippen LogP contribution in [0.15, 0.2) is 42.6 Å². The maximum atomic E-state index is 10.9. The summed E-state index contributed by atoms with van der Waals surface area (Å²) in [7, 11) is 0. The summed E-state index contributed by atoms with van der Waals surface area (Å²) in [5.74, 6) is -0.462. The zero-order chi connectivity index (χ0) is 12.3. The lowest BCUT2D eigenvalue weighted by Crippen LogP contribution is -2.11. The van der Waals surface area contributed by atoms with E-state index in [2.05, 4.69) is 4.98 Å². The summed E-state index contributed by atoms with van der Waals surface area (Å²) in [4.78, 5) is 15.1. The van der Waals surface area contributed by atoms with Crippen LogP contribution in [-0.2, 0) is 6.42 Å². The summed E-state index contributed by atoms with van der Waals surface area (Å²) in [6.07, 6.45) is 2.20. The highest BCUT2D eigenvalue weighted by Crippen LogP contribution is 2.10. The third kappa shape index (κ3) is 2.81. The Balaban J connectivity index is 2.13. The van der Waals surface area contributed by atoms with Gasteiger partial charge in [-0.05, 0) is 29.8 Å². The lowest BCUT2D eigenvalue weighted by atomic mass is 10.1. The zero-order valence-corrected chi connectivity index (χ0v) is 9.26. The molecule has 1 aromatic carbocycles. The highest BCUT2D eigenvalue weighted by atomic mass is 16.1. The number of hydrogen-bond donors (Lipinski definition) is 2. The predicted octanol–water partition coefficient (Wildman–Crippen LogP) is 1.35. The molecule has 1 heterocycles. The number of benzene rings is 1. The predicted molar refractivity (Wildman–Crippen MR) is 66.4 cm³/mol. The van der Waals surface area contributed by atoms with E-state index in [9.17, 15) is 4.79 Å². The first-order valence-electron chi connectivity index (χ1n) is 5.24. The first kappa shape index (κ1) is 11.1. The Bertz CT molecular complexity index is 517. The number of carbonyl (C=O) groups is 1. The molecule has 4 heteroatoms. The van der Waals surface area contributed by atoms with E-state index in [1.54, 1.807) is 12.1 Å². The lowest BCUT2D eigenvalue weighted by molar-refractivity contribution is 0.1000. The number of pyridine rings is 1. The number of anilines is 1. The maximum Gasteiger partial charge on any atom is 0.250 e. The van der Waals surface area contributed by atoms with E-state index in [0.717, 1.165) is 16.9 Å². The molecule has 2 rings (SSSR count). The van der Waals surface area contributed by atoms with Crippen LogP contribution in [0.25, 0.3) is 0 Å². The Kier molecular flexibility index (Phi) is 3.05. The smallest absolute Gasteiger partial charge is 0.250 e. The Hall–Kier alpha value is -2.36. The fraction of sp³-hybridized carbons (Fsp3) is 0.0769. The largest absolute Gasteiger partial charge is 0.399 e. The number of hydrogen-bond acceptors (Lipinski definition) is 3. The van der Waals surface area contributed by atoms with Crippen LogP contribution in [0.4, 0.5) is 5.69 Å². The number of rotatable bonds is 3. The Morgan fingerprint density at radius 1 is 1.12 bits per heavy atom. The number of nitrogens with zero attached hydrogens (tertiary/aromatic N) is 1. The minimum atomic E-state index is -0.462. The molecule has 4 N–H and O–H groups in total. The Morgan fingerprint density at radius 2 is 1.82 bits per heavy atom. The van der Waals surface area contributed by atoms with Gasteiger partial charge < -0.3 is 11.5 Å². The van der Waals surface area contributed by atoms with Crippen molar-refractivity contribution in [2.75, 3.05) is 5.73 Å². The second-order valence-corrected chi connectivity index (χ2v) is 3.82. The summed E-state index contributed by atoms with van der Waals surface area (Å²) in [6, 6.07) is 11.1. The second-order valence-electron chi connectivity index (χ2n) is 3.82. The van der Waals surface area contributed by atoms with Gasteiger partial charge in [0.2, 0.25) is 5.91 Å². The van der Waals surface area contributed by atoms with Crippen molar-refractivity contribution in [3.63, 3.8) is 0 Å². The first-order valence-corrected chi connectivity index (χ1v) is 5.24. The molecule has 0 aliphatic heterocycles. The van der Waals surface area contributed by atoms with E-state index in [1.165, 1.54) is 6.20 Å². The van der Waals surface area contributed by atoms with Gasteiger partial charge in [-0.15, -0.1) is 0 Å². The topological polar surface area (TPSA) is 82.0 Å². The molecule has 0 spiro atoms. The van der Waals surface area contributed by atoms with Gasteiger partial charge in [-0.1, -0.05) is 12.1 Å². The molecule has 0 fully saturated rings. The number of nitrogen functional groups attached to an aromatic ring is 1. The number of carbonyl (C=O) groups excluding carboxylic acids is 1. The normalized spacial score (nSPS) is 10.1. The summed E-state index contributed by atoms with van der Waals surface area (Å²) in [5.41, 5.74) is 13.9. The Labute approximate surface area is 99.3 Å². The minimum absolute atomic E-state index is 0.422. The fourth-order valence-corrected chi connectivity index (χ4v) is 1.52. The first-order chi connectivity index (χ1) is 8.15. The number of primary amides is 1. The van der Waals surface area contributed by atoms with Crippen molar-refractivity contribution in [1.82, 2.24) is 4.98 Å². The van der Waals surface area contributed by atoms with Gasteiger partial charge in [-0.25, -0.2) is 0 Å². The molecule has 0 radical (unpaired) electrons. The molecule has 0 unspecified atom stereocenters. The van der Waals surface area contributed by atoms with E-state index >= 15 is 0 Å². The van der Waals surface area contributed by atoms with Gasteiger partial charge in [-0.2, -0.15) is 0 Å². The van der Waals surface area contributed by atoms with E-state index < -0.39 is 5.91 Å². The quantitative estimate of drug-likeness (QED) is 0.776. The van der Waals surface area contributed by atoms with E-state index in [0.29, 0.717) is 12.0 Å². The molecule has 1 aromatic heterocycles. The molecule has 1 amide bonds. The molecular weight excluding hydrogens is 214 g/mol. The highest BCUT2D eigenvalue weighted by Gasteiger charge is 2.02. The van der Waals surface area contributed by atoms with Crippen LogP contribution in [0.1, 0.15) is 21.6 Å². The molecule has 0 saturated carbocycles. The molecule has 86 valence electrons. The molecular formula is C13H13N3O. The summed E-state index contributed by atoms with van der Waals surface area (Å²) >= 11 is 0. The third-order valence-corrected chi connectivity index (χ3v) is 2.47. The number of nitrogens with two attached hydrogens (primary N) is 2. The standard InChI is InChI=1S/C13H13N3O/c14-11-4-1-9(2-5-11)7-12-6-3-10(8-16-12)13(15)17/h1-6,8H,7,14H2,(H2,15,17). The van der Waals surface area contributed by atoms with Crippen LogP contribution >= 0.6 is 0 Å². The summed E-state index contributed by atoms with van der Waals surface area (Å²) in [6.45, 7) is 0. The van der Waals surface area contributed by atoms with E-state index in [4.69, 9.17) is 11.5 Å². The Morgan fingerprint density at radius 3 is 2.35 bits per heavy atom. The molecule has 0 saturated heterocycles. The van der Waals surface area contributed by atoms with Crippen molar-refractivity contribution < 1.29 is 4.79 Å². The number of aromatic nitrogens is 1. The van der Waals surface area contributed by atoms with E-state index in [-0.39, 0.29) is 0 Å². The van der Waals surface area contributed by atoms with Crippen LogP contribution in [0.2, 0.25) is 0 Å². The van der Waals surface area contributed by atoms with Gasteiger partial charge in [0.15, 0.2) is 0 Å². The van der Waals surface area contributed by atoms with Crippen LogP contribution in [0.3, 0.4) is 0 Å². The van der Waals surface area contributed by atoms with Crippen molar-refractivity contribution in [2.45, 2.75) is 6.42 Å². The van der Waals surface area contributed by atoms with Gasteiger partial charge in [0, 0.05) is 24.0 Å². The minimum Gasteiger partial charge on any atom is -0.399 e. The van der Waals surface area contributed by atoms with Crippen LogP contribution in [-0.4, -0.2) is 10.9 Å². The molecule has 17 heavy (non-hydrogen) atoms. The van der Waals surface area contributed by atoms with Gasteiger partial charge in [0.1, 0.15) is 0 Å². The molecule has 4 nitrogen and oxygen atoms in total. The SMILES string of the molecule is NC(=O)c1ccc(Cc2ccc(N)cc2)nc1. The average Bonchev–Trinajstić information content (AvgIpc) is 2.33. The van der Waals surface area contributed by atoms with Crippen molar-refractivity contribution in [3.05, 3.63) is 59.4 Å². The highest BCUT2D eigenvalue weighted by molar-refractivity contribution is 5.92. The van der Waals surface area contributed by atoms with Crippen molar-refractivity contribution in [2.24, 2.45) is 5.73 Å². The second kappa shape index (κ2) is 4.65. The monoisotopic (exact) mass is 227 g/mol. The molecule has 0 aliphatic carbocycles. The van der Waals surface area contributed by atoms with E-state index in [1.807, 2.05) is 24.3 Å². The molecule has 0 aliphatic rings. The fourth-order valence-electron chi connectivity index (χ4n) is 1.52. The molecule has 2 aromatic rings. The number of amides is 1. The van der Waals surface area contributed by atoms with Gasteiger partial charge in [0.25, 0.3) is 0 Å². The molecule has 0 atom stereocenters. The summed E-state index contributed by atoms with van der Waals surface area (Å²) < 4.78 is 0.